The van der Waals surface area contributed by atoms with E-state index >= 15 is 0 Å². The number of hydrogen-bond acceptors (Lipinski definition) is 13. The summed E-state index contributed by atoms with van der Waals surface area (Å²) >= 11 is 0. The minimum Gasteiger partial charge on any atom is -0.497 e. The van der Waals surface area contributed by atoms with Crippen molar-refractivity contribution in [1.82, 2.24) is 19.5 Å². The minimum absolute atomic E-state index is 0.0280. The monoisotopic (exact) mass is 852 g/mol. The Morgan fingerprint density at radius 2 is 1.49 bits per heavy atom. The number of H-pyrrole nitrogens is 1. The van der Waals surface area contributed by atoms with Crippen LogP contribution in [0.4, 0.5) is 11.6 Å². The second kappa shape index (κ2) is 17.5. The minimum atomic E-state index is -4.24. The predicted octanol–water partition coefficient (Wildman–Crippen LogP) is 6.35. The quantitative estimate of drug-likeness (QED) is 0.0470. The van der Waals surface area contributed by atoms with Gasteiger partial charge in [-0.05, 0) is 59.5 Å². The van der Waals surface area contributed by atoms with Gasteiger partial charge >= 0.3 is 10.1 Å². The highest BCUT2D eigenvalue weighted by atomic mass is 32.2. The number of rotatable bonds is 16. The Bertz CT molecular complexity index is 2620. The van der Waals surface area contributed by atoms with Crippen LogP contribution in [0.1, 0.15) is 50.1 Å². The molecule has 17 nitrogen and oxygen atoms in total. The van der Waals surface area contributed by atoms with E-state index in [4.69, 9.17) is 23.1 Å². The number of amides is 1. The zero-order valence-electron chi connectivity index (χ0n) is 33.9. The summed E-state index contributed by atoms with van der Waals surface area (Å²) in [6, 6.07) is 29.3. The van der Waals surface area contributed by atoms with Gasteiger partial charge in [0.05, 0.1) is 37.3 Å². The zero-order valence-corrected chi connectivity index (χ0v) is 34.7. The number of benzene rings is 4. The molecule has 2 aromatic heterocycles. The van der Waals surface area contributed by atoms with Crippen LogP contribution in [0.25, 0.3) is 11.2 Å². The van der Waals surface area contributed by atoms with Crippen molar-refractivity contribution in [3.63, 3.8) is 0 Å². The Kier molecular flexibility index (Phi) is 12.2. The molecular formula is C43H44N6O11S. The van der Waals surface area contributed by atoms with Gasteiger partial charge in [0.1, 0.15) is 29.0 Å². The molecule has 4 atom stereocenters. The normalized spacial score (nSPS) is 17.9. The number of ether oxygens (including phenoxy) is 4. The van der Waals surface area contributed by atoms with Crippen LogP contribution < -0.4 is 24.5 Å². The number of carbonyl (C=O) groups excluding carboxylic acids is 1. The number of hydrogen-bond donors (Lipinski definition) is 2. The lowest BCUT2D eigenvalue weighted by Gasteiger charge is -2.40. The summed E-state index contributed by atoms with van der Waals surface area (Å²) in [6.45, 7) is 5.28. The molecule has 1 amide bonds. The molecule has 3 heterocycles. The third-order valence-electron chi connectivity index (χ3n) is 10.6. The van der Waals surface area contributed by atoms with E-state index < -0.39 is 62.2 Å². The molecule has 4 aromatic carbocycles. The number of aromatic amines is 1. The molecular weight excluding hydrogens is 809 g/mol. The molecule has 0 spiro atoms. The first kappa shape index (κ1) is 42.5. The maximum absolute atomic E-state index is 13.4. The third kappa shape index (κ3) is 8.82. The van der Waals surface area contributed by atoms with Gasteiger partial charge in [-0.1, -0.05) is 75.4 Å². The number of nitro groups is 1. The SMILES string of the molecule is COc1ccc(C(O[C@@H]2[C@H](C)[C@@H](CCS(=O)(=O)Oc3ccc([N+](=O)[O-])cc3)O[C@H]2n2cnc3c(=O)[nH]c(NC(=O)C(C)C)nc32)(c2ccccc2)c2ccc(OC)cc2)cc1. The number of anilines is 1. The molecule has 1 fully saturated rings. The van der Waals surface area contributed by atoms with Gasteiger partial charge in [0.25, 0.3) is 11.2 Å². The van der Waals surface area contributed by atoms with E-state index in [0.29, 0.717) is 11.5 Å². The number of nitrogens with one attached hydrogen (secondary N) is 2. The Morgan fingerprint density at radius 3 is 2.05 bits per heavy atom. The maximum Gasteiger partial charge on any atom is 0.309 e. The zero-order chi connectivity index (χ0) is 43.5. The van der Waals surface area contributed by atoms with Gasteiger partial charge in [-0.25, -0.2) is 4.98 Å². The Labute approximate surface area is 350 Å². The molecule has 0 aliphatic carbocycles. The fourth-order valence-electron chi connectivity index (χ4n) is 7.31. The van der Waals surface area contributed by atoms with Crippen LogP contribution in [-0.4, -0.2) is 70.9 Å². The van der Waals surface area contributed by atoms with Crippen LogP contribution in [0.15, 0.2) is 114 Å². The first-order valence-corrected chi connectivity index (χ1v) is 20.9. The van der Waals surface area contributed by atoms with Crippen molar-refractivity contribution < 1.29 is 41.3 Å². The van der Waals surface area contributed by atoms with Gasteiger partial charge in [-0.2, -0.15) is 13.4 Å². The highest BCUT2D eigenvalue weighted by molar-refractivity contribution is 7.87. The third-order valence-corrected chi connectivity index (χ3v) is 11.8. The summed E-state index contributed by atoms with van der Waals surface area (Å²) < 4.78 is 59.0. The number of aromatic nitrogens is 4. The number of methoxy groups -OCH3 is 2. The van der Waals surface area contributed by atoms with E-state index in [2.05, 4.69) is 20.3 Å². The van der Waals surface area contributed by atoms with Crippen molar-refractivity contribution in [3.05, 3.63) is 147 Å². The van der Waals surface area contributed by atoms with Crippen LogP contribution in [0, 0.1) is 22.0 Å². The number of fused-ring (bicyclic) bond motifs is 1. The first-order valence-electron chi connectivity index (χ1n) is 19.3. The molecule has 0 radical (unpaired) electrons. The Hall–Kier alpha value is -6.63. The number of imidazole rings is 1. The molecule has 7 rings (SSSR count). The molecule has 18 heteroatoms. The van der Waals surface area contributed by atoms with Crippen molar-refractivity contribution >= 4 is 38.8 Å². The van der Waals surface area contributed by atoms with Gasteiger partial charge in [-0.3, -0.25) is 34.6 Å². The summed E-state index contributed by atoms with van der Waals surface area (Å²) in [4.78, 5) is 48.1. The van der Waals surface area contributed by atoms with Crippen molar-refractivity contribution in [2.45, 2.75) is 51.2 Å². The van der Waals surface area contributed by atoms with Crippen LogP contribution >= 0.6 is 0 Å². The molecule has 1 aliphatic rings. The first-order chi connectivity index (χ1) is 29.2. The molecule has 0 unspecified atom stereocenters. The van der Waals surface area contributed by atoms with Gasteiger partial charge in [0.15, 0.2) is 17.4 Å². The topological polar surface area (TPSA) is 216 Å². The average Bonchev–Trinajstić information content (AvgIpc) is 3.82. The van der Waals surface area contributed by atoms with E-state index in [0.717, 1.165) is 28.8 Å². The highest BCUT2D eigenvalue weighted by Gasteiger charge is 2.50. The number of non-ortho nitro benzene ring substituents is 1. The molecule has 0 bridgehead atoms. The summed E-state index contributed by atoms with van der Waals surface area (Å²) in [5, 5.41) is 13.8. The van der Waals surface area contributed by atoms with Gasteiger partial charge in [0.2, 0.25) is 11.9 Å². The number of carbonyl (C=O) groups is 1. The molecule has 318 valence electrons. The Morgan fingerprint density at radius 1 is 0.918 bits per heavy atom. The van der Waals surface area contributed by atoms with Crippen LogP contribution in [-0.2, 0) is 30.0 Å². The Balaban J connectivity index is 1.34. The summed E-state index contributed by atoms with van der Waals surface area (Å²) in [5.41, 5.74) is 0.0859. The van der Waals surface area contributed by atoms with Crippen molar-refractivity contribution in [3.8, 4) is 17.2 Å². The lowest BCUT2D eigenvalue weighted by Crippen LogP contribution is -2.41. The molecule has 0 saturated carbocycles. The van der Waals surface area contributed by atoms with Crippen molar-refractivity contribution in [2.75, 3.05) is 25.3 Å². The van der Waals surface area contributed by atoms with Crippen LogP contribution in [0.3, 0.4) is 0 Å². The van der Waals surface area contributed by atoms with E-state index in [1.54, 1.807) is 32.6 Å². The molecule has 1 aliphatic heterocycles. The smallest absolute Gasteiger partial charge is 0.309 e. The molecule has 1 saturated heterocycles. The molecule has 61 heavy (non-hydrogen) atoms. The van der Waals surface area contributed by atoms with Crippen molar-refractivity contribution in [2.24, 2.45) is 11.8 Å². The maximum atomic E-state index is 13.4. The van der Waals surface area contributed by atoms with Crippen LogP contribution in [0.2, 0.25) is 0 Å². The number of nitrogens with zero attached hydrogens (tertiary/aromatic N) is 4. The fourth-order valence-corrected chi connectivity index (χ4v) is 8.32. The van der Waals surface area contributed by atoms with E-state index in [1.165, 1.54) is 18.5 Å². The van der Waals surface area contributed by atoms with Gasteiger partial charge in [0, 0.05) is 24.0 Å². The molecule has 2 N–H and O–H groups in total. The predicted molar refractivity (Wildman–Crippen MR) is 224 cm³/mol. The standard InChI is InChI=1S/C43H44N6O11S/c1-26(2)39(50)46-42-45-38-36(40(51)47-42)44-25-48(38)41-37(27(3)35(58-41)23-24-61(54,55)60-34-21-15-31(16-22-34)49(52)53)59-43(28-9-7-6-8-10-28,29-11-17-32(56-4)18-12-29)30-13-19-33(57-5)20-14-30/h6-22,25-27,35,37,41H,23-24H2,1-5H3,(H2,45,46,47,50,51)/t27-,35-,37-,41-/m1/s1. The fraction of sp³-hybridized carbons (Fsp3) is 0.302. The van der Waals surface area contributed by atoms with Gasteiger partial charge < -0.3 is 23.1 Å². The lowest BCUT2D eigenvalue weighted by atomic mass is 9.79. The van der Waals surface area contributed by atoms with E-state index in [1.807, 2.05) is 85.8 Å². The summed E-state index contributed by atoms with van der Waals surface area (Å²) in [7, 11) is -1.09. The molecule has 6 aromatic rings. The largest absolute Gasteiger partial charge is 0.497 e. The lowest BCUT2D eigenvalue weighted by molar-refractivity contribution is -0.384. The second-order valence-corrected chi connectivity index (χ2v) is 16.5. The van der Waals surface area contributed by atoms with Gasteiger partial charge in [-0.15, -0.1) is 0 Å². The summed E-state index contributed by atoms with van der Waals surface area (Å²) in [5.74, 6) is -0.757. The van der Waals surface area contributed by atoms with Crippen molar-refractivity contribution in [1.29, 1.82) is 0 Å². The van der Waals surface area contributed by atoms with E-state index in [-0.39, 0.29) is 40.9 Å². The average molecular weight is 853 g/mol. The number of nitro benzene ring substituents is 1. The van der Waals surface area contributed by atoms with Crippen LogP contribution in [0.5, 0.6) is 17.2 Å². The summed E-state index contributed by atoms with van der Waals surface area (Å²) in [6.07, 6.45) is -1.42. The second-order valence-electron chi connectivity index (χ2n) is 14.8. The van der Waals surface area contributed by atoms with E-state index in [9.17, 15) is 28.1 Å². The highest BCUT2D eigenvalue weighted by Crippen LogP contribution is 2.48.